The van der Waals surface area contributed by atoms with Crippen LogP contribution in [-0.4, -0.2) is 33.0 Å². The zero-order valence-corrected chi connectivity index (χ0v) is 16.0. The molecule has 2 aromatic heterocycles. The van der Waals surface area contributed by atoms with Crippen LogP contribution in [0.2, 0.25) is 0 Å². The molecule has 0 atom stereocenters. The first-order valence-corrected chi connectivity index (χ1v) is 9.71. The lowest BCUT2D eigenvalue weighted by Crippen LogP contribution is -2.25. The highest BCUT2D eigenvalue weighted by Crippen LogP contribution is 2.22. The van der Waals surface area contributed by atoms with Crippen molar-refractivity contribution in [2.75, 3.05) is 12.3 Å². The van der Waals surface area contributed by atoms with Crippen molar-refractivity contribution in [3.8, 4) is 0 Å². The lowest BCUT2D eigenvalue weighted by molar-refractivity contribution is -0.120. The number of aromatic nitrogens is 3. The topological polar surface area (TPSA) is 71.8 Å². The minimum absolute atomic E-state index is 0. The van der Waals surface area contributed by atoms with Gasteiger partial charge in [-0.15, -0.1) is 23.7 Å². The number of carbonyl (C=O) groups is 1. The van der Waals surface area contributed by atoms with Gasteiger partial charge in [-0.05, 0) is 24.8 Å². The van der Waals surface area contributed by atoms with E-state index in [4.69, 9.17) is 0 Å². The molecule has 9 heteroatoms. The summed E-state index contributed by atoms with van der Waals surface area (Å²) < 4.78 is 3.07. The molecule has 2 N–H and O–H groups in total. The first kappa shape index (κ1) is 19.2. The number of nitrogens with one attached hydrogen (secondary N) is 2. The van der Waals surface area contributed by atoms with Gasteiger partial charge >= 0.3 is 0 Å². The molecule has 0 aromatic carbocycles. The van der Waals surface area contributed by atoms with Crippen molar-refractivity contribution >= 4 is 41.4 Å². The van der Waals surface area contributed by atoms with Crippen LogP contribution in [0.25, 0.3) is 0 Å². The van der Waals surface area contributed by atoms with Gasteiger partial charge in [-0.2, -0.15) is 5.10 Å². The molecule has 6 nitrogen and oxygen atoms in total. The standard InChI is InChI=1S/C15H21N5OS2.ClH/c1-2-22-15-18-12(10-23-15)7-14(21)17-8-11-6-13-9-16-4-3-5-20(13)19-11;/h6,10,16H,2-5,7-9H2,1H3,(H,17,21);1H. The van der Waals surface area contributed by atoms with E-state index >= 15 is 0 Å². The number of nitrogens with zero attached hydrogens (tertiary/aromatic N) is 3. The number of carbonyl (C=O) groups excluding carboxylic acids is 1. The van der Waals surface area contributed by atoms with Gasteiger partial charge in [-0.3, -0.25) is 9.48 Å². The molecule has 0 spiro atoms. The van der Waals surface area contributed by atoms with Gasteiger partial charge in [0, 0.05) is 18.5 Å². The Morgan fingerprint density at radius 1 is 1.50 bits per heavy atom. The molecule has 1 amide bonds. The number of hydrogen-bond donors (Lipinski definition) is 2. The van der Waals surface area contributed by atoms with Crippen LogP contribution >= 0.6 is 35.5 Å². The highest BCUT2D eigenvalue weighted by atomic mass is 35.5. The zero-order chi connectivity index (χ0) is 16.1. The summed E-state index contributed by atoms with van der Waals surface area (Å²) in [4.78, 5) is 16.5. The first-order valence-electron chi connectivity index (χ1n) is 7.85. The van der Waals surface area contributed by atoms with Crippen molar-refractivity contribution < 1.29 is 4.79 Å². The highest BCUT2D eigenvalue weighted by molar-refractivity contribution is 8.00. The first-order chi connectivity index (χ1) is 11.2. The molecule has 1 aliphatic rings. The molecule has 132 valence electrons. The van der Waals surface area contributed by atoms with Crippen molar-refractivity contribution in [1.29, 1.82) is 0 Å². The number of thiazole rings is 1. The number of aryl methyl sites for hydroxylation is 1. The molecule has 0 unspecified atom stereocenters. The fourth-order valence-corrected chi connectivity index (χ4v) is 4.22. The maximum Gasteiger partial charge on any atom is 0.226 e. The van der Waals surface area contributed by atoms with E-state index in [1.54, 1.807) is 23.1 Å². The number of amides is 1. The molecule has 0 saturated heterocycles. The van der Waals surface area contributed by atoms with Crippen LogP contribution in [0.15, 0.2) is 15.8 Å². The van der Waals surface area contributed by atoms with Crippen molar-refractivity contribution in [2.45, 2.75) is 43.7 Å². The van der Waals surface area contributed by atoms with E-state index in [0.717, 1.165) is 47.5 Å². The Bertz CT molecular complexity index is 649. The minimum atomic E-state index is -0.00957. The Labute approximate surface area is 156 Å². The Morgan fingerprint density at radius 2 is 2.38 bits per heavy atom. The third-order valence-electron chi connectivity index (χ3n) is 3.55. The number of fused-ring (bicyclic) bond motifs is 1. The molecular formula is C15H22ClN5OS2. The van der Waals surface area contributed by atoms with E-state index in [2.05, 4.69) is 33.7 Å². The monoisotopic (exact) mass is 387 g/mol. The molecule has 24 heavy (non-hydrogen) atoms. The number of hydrogen-bond acceptors (Lipinski definition) is 6. The second-order valence-corrected chi connectivity index (χ2v) is 7.74. The number of halogens is 1. The SMILES string of the molecule is CCSc1nc(CC(=O)NCc2cc3n(n2)CCCNC3)cs1.Cl. The summed E-state index contributed by atoms with van der Waals surface area (Å²) in [6, 6.07) is 2.07. The quantitative estimate of drug-likeness (QED) is 0.743. The summed E-state index contributed by atoms with van der Waals surface area (Å²) in [7, 11) is 0. The third kappa shape index (κ3) is 5.20. The Hall–Kier alpha value is -1.09. The summed E-state index contributed by atoms with van der Waals surface area (Å²) in [5.74, 6) is 0.989. The van der Waals surface area contributed by atoms with Crippen molar-refractivity contribution in [2.24, 2.45) is 0 Å². The minimum Gasteiger partial charge on any atom is -0.350 e. The van der Waals surface area contributed by atoms with E-state index in [0.29, 0.717) is 13.0 Å². The van der Waals surface area contributed by atoms with Gasteiger partial charge < -0.3 is 10.6 Å². The lowest BCUT2D eigenvalue weighted by Gasteiger charge is -2.02. The van der Waals surface area contributed by atoms with E-state index in [1.165, 1.54) is 5.69 Å². The van der Waals surface area contributed by atoms with E-state index in [1.807, 2.05) is 10.1 Å². The van der Waals surface area contributed by atoms with E-state index < -0.39 is 0 Å². The van der Waals surface area contributed by atoms with Crippen LogP contribution in [0.5, 0.6) is 0 Å². The Kier molecular flexibility index (Phi) is 7.54. The van der Waals surface area contributed by atoms with Crippen LogP contribution in [0.3, 0.4) is 0 Å². The summed E-state index contributed by atoms with van der Waals surface area (Å²) >= 11 is 3.31. The summed E-state index contributed by atoms with van der Waals surface area (Å²) in [6.45, 7) is 5.38. The third-order valence-corrected chi connectivity index (χ3v) is 5.50. The predicted octanol–water partition coefficient (Wildman–Crippen LogP) is 2.23. The zero-order valence-electron chi connectivity index (χ0n) is 13.6. The van der Waals surface area contributed by atoms with Gasteiger partial charge in [0.05, 0.1) is 30.0 Å². The highest BCUT2D eigenvalue weighted by Gasteiger charge is 2.12. The normalized spacial score (nSPS) is 13.7. The number of thioether (sulfide) groups is 1. The predicted molar refractivity (Wildman–Crippen MR) is 99.9 cm³/mol. The van der Waals surface area contributed by atoms with Gasteiger partial charge in [0.25, 0.3) is 0 Å². The maximum absolute atomic E-state index is 12.1. The molecule has 0 bridgehead atoms. The molecule has 0 fully saturated rings. The fraction of sp³-hybridized carbons (Fsp3) is 0.533. The van der Waals surface area contributed by atoms with E-state index in [-0.39, 0.29) is 18.3 Å². The molecule has 2 aromatic rings. The molecule has 1 aliphatic heterocycles. The van der Waals surface area contributed by atoms with Gasteiger partial charge in [0.15, 0.2) is 0 Å². The summed E-state index contributed by atoms with van der Waals surface area (Å²) in [5, 5.41) is 12.8. The molecule has 0 saturated carbocycles. The van der Waals surface area contributed by atoms with Crippen LogP contribution in [0.1, 0.15) is 30.4 Å². The van der Waals surface area contributed by atoms with Crippen LogP contribution in [-0.2, 0) is 30.8 Å². The average Bonchev–Trinajstić information content (AvgIpc) is 3.07. The summed E-state index contributed by atoms with van der Waals surface area (Å²) in [6.07, 6.45) is 1.41. The molecule has 0 aliphatic carbocycles. The smallest absolute Gasteiger partial charge is 0.226 e. The molecule has 0 radical (unpaired) electrons. The lowest BCUT2D eigenvalue weighted by atomic mass is 10.3. The largest absolute Gasteiger partial charge is 0.350 e. The van der Waals surface area contributed by atoms with Crippen molar-refractivity contribution in [1.82, 2.24) is 25.4 Å². The van der Waals surface area contributed by atoms with Gasteiger partial charge in [-0.1, -0.05) is 18.7 Å². The molecule has 3 heterocycles. The second kappa shape index (κ2) is 9.41. The van der Waals surface area contributed by atoms with Crippen molar-refractivity contribution in [3.05, 3.63) is 28.5 Å². The Morgan fingerprint density at radius 3 is 3.21 bits per heavy atom. The maximum atomic E-state index is 12.1. The van der Waals surface area contributed by atoms with Gasteiger partial charge in [0.1, 0.15) is 4.34 Å². The number of rotatable bonds is 6. The second-order valence-electron chi connectivity index (χ2n) is 5.37. The van der Waals surface area contributed by atoms with Crippen molar-refractivity contribution in [3.63, 3.8) is 0 Å². The summed E-state index contributed by atoms with van der Waals surface area (Å²) in [5.41, 5.74) is 2.94. The molecule has 3 rings (SSSR count). The molecular weight excluding hydrogens is 366 g/mol. The van der Waals surface area contributed by atoms with Crippen LogP contribution in [0.4, 0.5) is 0 Å². The van der Waals surface area contributed by atoms with Gasteiger partial charge in [0.2, 0.25) is 5.91 Å². The fourth-order valence-electron chi connectivity index (χ4n) is 2.48. The van der Waals surface area contributed by atoms with Gasteiger partial charge in [-0.25, -0.2) is 4.98 Å². The van der Waals surface area contributed by atoms with E-state index in [9.17, 15) is 4.79 Å². The van der Waals surface area contributed by atoms with Crippen LogP contribution in [0, 0.1) is 0 Å². The Balaban J connectivity index is 0.00000208. The average molecular weight is 388 g/mol. The van der Waals surface area contributed by atoms with Crippen LogP contribution < -0.4 is 10.6 Å².